The van der Waals surface area contributed by atoms with Crippen LogP contribution in [0.25, 0.3) is 23.1 Å². The number of aromatic amines is 1. The van der Waals surface area contributed by atoms with Crippen LogP contribution in [0, 0.1) is 0 Å². The van der Waals surface area contributed by atoms with Crippen molar-refractivity contribution in [3.8, 4) is 0 Å². The van der Waals surface area contributed by atoms with Crippen LogP contribution in [-0.2, 0) is 0 Å². The van der Waals surface area contributed by atoms with Crippen LogP contribution >= 0.6 is 9.24 Å². The van der Waals surface area contributed by atoms with Crippen LogP contribution in [0.2, 0.25) is 0 Å². The van der Waals surface area contributed by atoms with Crippen molar-refractivity contribution in [2.45, 2.75) is 6.92 Å². The standard InChI is InChI=1S/C13H13NO.CH5P/c1-3-10-11-6-4-5-7-12(11)14-13(10)8-9(2)15;1-2/h3-8,14-15H,1H2,2H3;2H2,1H3/b9-8+;. The molecule has 0 saturated heterocycles. The normalized spacial score (nSPS) is 10.9. The molecule has 2 nitrogen and oxygen atoms in total. The van der Waals surface area contributed by atoms with E-state index >= 15 is 0 Å². The van der Waals surface area contributed by atoms with Gasteiger partial charge >= 0.3 is 0 Å². The number of rotatable bonds is 2. The van der Waals surface area contributed by atoms with Crippen molar-refractivity contribution in [2.24, 2.45) is 0 Å². The van der Waals surface area contributed by atoms with Crippen molar-refractivity contribution in [3.63, 3.8) is 0 Å². The first-order chi connectivity index (χ1) is 8.22. The van der Waals surface area contributed by atoms with E-state index in [-0.39, 0.29) is 5.76 Å². The molecule has 1 atom stereocenters. The number of para-hydroxylation sites is 1. The van der Waals surface area contributed by atoms with Gasteiger partial charge in [0, 0.05) is 22.2 Å². The topological polar surface area (TPSA) is 36.0 Å². The van der Waals surface area contributed by atoms with E-state index in [1.54, 1.807) is 19.1 Å². The summed E-state index contributed by atoms with van der Waals surface area (Å²) in [6, 6.07) is 8.01. The Morgan fingerprint density at radius 2 is 2.00 bits per heavy atom. The third-order valence-corrected chi connectivity index (χ3v) is 2.33. The molecule has 0 saturated carbocycles. The average molecular weight is 247 g/mol. The molecule has 17 heavy (non-hydrogen) atoms. The molecule has 0 bridgehead atoms. The fourth-order valence-corrected chi connectivity index (χ4v) is 1.73. The lowest BCUT2D eigenvalue weighted by atomic mass is 10.1. The van der Waals surface area contributed by atoms with Crippen LogP contribution < -0.4 is 0 Å². The molecular formula is C14H18NOP. The number of hydrogen-bond donors (Lipinski definition) is 2. The van der Waals surface area contributed by atoms with Crippen LogP contribution in [0.1, 0.15) is 18.2 Å². The molecule has 2 rings (SSSR count). The van der Waals surface area contributed by atoms with Crippen molar-refractivity contribution in [1.82, 2.24) is 4.98 Å². The van der Waals surface area contributed by atoms with Crippen LogP contribution in [0.5, 0.6) is 0 Å². The number of aromatic nitrogens is 1. The van der Waals surface area contributed by atoms with Crippen LogP contribution in [-0.4, -0.2) is 16.8 Å². The van der Waals surface area contributed by atoms with E-state index in [1.807, 2.05) is 30.9 Å². The lowest BCUT2D eigenvalue weighted by Crippen LogP contribution is -1.78. The summed E-state index contributed by atoms with van der Waals surface area (Å²) >= 11 is 0. The average Bonchev–Trinajstić information content (AvgIpc) is 2.67. The highest BCUT2D eigenvalue weighted by Crippen LogP contribution is 2.24. The molecule has 1 aromatic heterocycles. The first-order valence-electron chi connectivity index (χ1n) is 5.40. The Morgan fingerprint density at radius 3 is 2.59 bits per heavy atom. The van der Waals surface area contributed by atoms with Crippen molar-refractivity contribution in [3.05, 3.63) is 47.9 Å². The monoisotopic (exact) mass is 247 g/mol. The fourth-order valence-electron chi connectivity index (χ4n) is 1.73. The minimum atomic E-state index is 0.282. The molecule has 2 N–H and O–H groups in total. The summed E-state index contributed by atoms with van der Waals surface area (Å²) in [6.07, 6.45) is 3.50. The maximum Gasteiger partial charge on any atom is 0.0912 e. The van der Waals surface area contributed by atoms with Gasteiger partial charge in [0.1, 0.15) is 0 Å². The molecule has 0 radical (unpaired) electrons. The Balaban J connectivity index is 0.000000686. The van der Waals surface area contributed by atoms with E-state index in [1.165, 1.54) is 0 Å². The second-order valence-corrected chi connectivity index (χ2v) is 3.49. The predicted octanol–water partition coefficient (Wildman–Crippen LogP) is 4.22. The summed E-state index contributed by atoms with van der Waals surface area (Å²) in [4.78, 5) is 3.24. The van der Waals surface area contributed by atoms with Gasteiger partial charge in [0.15, 0.2) is 0 Å². The Labute approximate surface area is 104 Å². The zero-order chi connectivity index (χ0) is 12.8. The number of fused-ring (bicyclic) bond motifs is 1. The summed E-state index contributed by atoms with van der Waals surface area (Å²) in [5.41, 5.74) is 2.98. The molecule has 0 aliphatic rings. The van der Waals surface area contributed by atoms with E-state index in [0.29, 0.717) is 0 Å². The molecule has 0 amide bonds. The molecule has 1 heterocycles. The van der Waals surface area contributed by atoms with Gasteiger partial charge in [-0.15, -0.1) is 9.24 Å². The highest BCUT2D eigenvalue weighted by Gasteiger charge is 2.05. The molecule has 90 valence electrons. The van der Waals surface area contributed by atoms with E-state index in [2.05, 4.69) is 20.8 Å². The number of H-pyrrole nitrogens is 1. The zero-order valence-corrected chi connectivity index (χ0v) is 11.4. The van der Waals surface area contributed by atoms with Gasteiger partial charge in [-0.05, 0) is 19.1 Å². The molecule has 0 aliphatic heterocycles. The summed E-state index contributed by atoms with van der Waals surface area (Å²) in [5, 5.41) is 10.4. The Hall–Kier alpha value is -1.53. The van der Waals surface area contributed by atoms with E-state index in [9.17, 15) is 5.11 Å². The highest BCUT2D eigenvalue weighted by atomic mass is 31.0. The van der Waals surface area contributed by atoms with E-state index in [4.69, 9.17) is 0 Å². The van der Waals surface area contributed by atoms with E-state index in [0.717, 1.165) is 22.2 Å². The SMILES string of the molecule is C=Cc1c(/C=C(\C)O)[nH]c2ccccc12.CP. The molecule has 0 aliphatic carbocycles. The smallest absolute Gasteiger partial charge is 0.0912 e. The molecule has 3 heteroatoms. The Morgan fingerprint density at radius 1 is 1.35 bits per heavy atom. The molecule has 0 fully saturated rings. The maximum absolute atomic E-state index is 9.26. The fraction of sp³-hybridized carbons (Fsp3) is 0.143. The predicted molar refractivity (Wildman–Crippen MR) is 80.3 cm³/mol. The molecule has 1 unspecified atom stereocenters. The second-order valence-electron chi connectivity index (χ2n) is 3.49. The molecular weight excluding hydrogens is 229 g/mol. The molecule has 1 aromatic carbocycles. The van der Waals surface area contributed by atoms with Gasteiger partial charge in [0.05, 0.1) is 5.76 Å². The van der Waals surface area contributed by atoms with Gasteiger partial charge in [-0.1, -0.05) is 37.5 Å². The van der Waals surface area contributed by atoms with E-state index < -0.39 is 0 Å². The number of hydrogen-bond acceptors (Lipinski definition) is 1. The van der Waals surface area contributed by atoms with Gasteiger partial charge in [-0.3, -0.25) is 0 Å². The van der Waals surface area contributed by atoms with Gasteiger partial charge in [0.2, 0.25) is 0 Å². The van der Waals surface area contributed by atoms with Gasteiger partial charge in [-0.2, -0.15) is 0 Å². The Kier molecular flexibility index (Phi) is 4.99. The number of aliphatic hydroxyl groups excluding tert-OH is 1. The largest absolute Gasteiger partial charge is 0.513 e. The maximum atomic E-state index is 9.26. The number of aliphatic hydroxyl groups is 1. The van der Waals surface area contributed by atoms with Crippen molar-refractivity contribution in [2.75, 3.05) is 6.66 Å². The summed E-state index contributed by atoms with van der Waals surface area (Å²) in [6.45, 7) is 7.36. The third-order valence-electron chi connectivity index (χ3n) is 2.33. The second kappa shape index (κ2) is 6.27. The lowest BCUT2D eigenvalue weighted by Gasteiger charge is -1.93. The molecule has 2 aromatic rings. The third kappa shape index (κ3) is 2.98. The number of benzene rings is 1. The Bertz CT molecular complexity index is 536. The quantitative estimate of drug-likeness (QED) is 0.605. The summed E-state index contributed by atoms with van der Waals surface area (Å²) in [5.74, 6) is 0.282. The van der Waals surface area contributed by atoms with Gasteiger partial charge in [-0.25, -0.2) is 0 Å². The van der Waals surface area contributed by atoms with Crippen LogP contribution in [0.3, 0.4) is 0 Å². The summed E-state index contributed by atoms with van der Waals surface area (Å²) < 4.78 is 0. The summed E-state index contributed by atoms with van der Waals surface area (Å²) in [7, 11) is 2.42. The number of allylic oxidation sites excluding steroid dienone is 1. The molecule has 0 spiro atoms. The van der Waals surface area contributed by atoms with Crippen LogP contribution in [0.15, 0.2) is 36.6 Å². The van der Waals surface area contributed by atoms with Crippen molar-refractivity contribution in [1.29, 1.82) is 0 Å². The van der Waals surface area contributed by atoms with Crippen molar-refractivity contribution < 1.29 is 5.11 Å². The first-order valence-corrected chi connectivity index (χ1v) is 6.56. The van der Waals surface area contributed by atoms with Crippen LogP contribution in [0.4, 0.5) is 0 Å². The highest BCUT2D eigenvalue weighted by molar-refractivity contribution is 7.15. The minimum absolute atomic E-state index is 0.282. The lowest BCUT2D eigenvalue weighted by molar-refractivity contribution is 0.419. The van der Waals surface area contributed by atoms with Gasteiger partial charge < -0.3 is 10.1 Å². The first kappa shape index (κ1) is 13.5. The number of nitrogens with one attached hydrogen (secondary N) is 1. The minimum Gasteiger partial charge on any atom is -0.513 e. The zero-order valence-electron chi connectivity index (χ0n) is 10.2. The van der Waals surface area contributed by atoms with Crippen molar-refractivity contribution >= 4 is 32.3 Å². The van der Waals surface area contributed by atoms with Gasteiger partial charge in [0.25, 0.3) is 0 Å².